The Kier molecular flexibility index (Phi) is 8.58. The van der Waals surface area contributed by atoms with Crippen LogP contribution in [0.5, 0.6) is 0 Å². The fourth-order valence-corrected chi connectivity index (χ4v) is 3.32. The molecule has 6 heteroatoms. The number of likely N-dealkylation sites (tertiary alicyclic amines) is 1. The molecule has 0 radical (unpaired) electrons. The molecule has 1 aliphatic rings. The van der Waals surface area contributed by atoms with Gasteiger partial charge in [-0.1, -0.05) is 12.1 Å². The van der Waals surface area contributed by atoms with Crippen molar-refractivity contribution >= 4 is 11.9 Å². The van der Waals surface area contributed by atoms with E-state index in [2.05, 4.69) is 41.6 Å². The molecule has 0 aliphatic carbocycles. The van der Waals surface area contributed by atoms with Gasteiger partial charge in [0.25, 0.3) is 5.91 Å². The lowest BCUT2D eigenvalue weighted by atomic mass is 10.0. The van der Waals surface area contributed by atoms with Gasteiger partial charge < -0.3 is 20.9 Å². The molecular formula is C21H35N5O. The fraction of sp³-hybridized carbons (Fsp3) is 0.619. The van der Waals surface area contributed by atoms with Gasteiger partial charge in [0.05, 0.1) is 6.54 Å². The van der Waals surface area contributed by atoms with E-state index in [-0.39, 0.29) is 5.91 Å². The Bertz CT molecular complexity index is 621. The van der Waals surface area contributed by atoms with E-state index in [0.29, 0.717) is 30.7 Å². The van der Waals surface area contributed by atoms with Crippen molar-refractivity contribution in [2.24, 2.45) is 4.99 Å². The summed E-state index contributed by atoms with van der Waals surface area (Å²) in [4.78, 5) is 19.2. The first-order valence-corrected chi connectivity index (χ1v) is 10.2. The lowest BCUT2D eigenvalue weighted by Gasteiger charge is -2.35. The Morgan fingerprint density at radius 3 is 2.52 bits per heavy atom. The van der Waals surface area contributed by atoms with E-state index in [1.165, 1.54) is 0 Å². The lowest BCUT2D eigenvalue weighted by Crippen LogP contribution is -2.49. The van der Waals surface area contributed by atoms with Gasteiger partial charge in [-0.3, -0.25) is 4.79 Å². The van der Waals surface area contributed by atoms with Crippen LogP contribution in [0.4, 0.5) is 0 Å². The topological polar surface area (TPSA) is 68.8 Å². The van der Waals surface area contributed by atoms with Crippen molar-refractivity contribution in [1.29, 1.82) is 0 Å². The highest BCUT2D eigenvalue weighted by Crippen LogP contribution is 2.13. The number of hydrogen-bond acceptors (Lipinski definition) is 3. The number of rotatable bonds is 7. The highest BCUT2D eigenvalue weighted by atomic mass is 16.1. The highest BCUT2D eigenvalue weighted by Gasteiger charge is 2.21. The number of carbonyl (C=O) groups excluding carboxylic acids is 1. The van der Waals surface area contributed by atoms with E-state index in [1.54, 1.807) is 0 Å². The maximum atomic E-state index is 12.0. The summed E-state index contributed by atoms with van der Waals surface area (Å²) in [6, 6.07) is 8.75. The summed E-state index contributed by atoms with van der Waals surface area (Å²) in [7, 11) is 0. The first-order chi connectivity index (χ1) is 13.0. The van der Waals surface area contributed by atoms with Gasteiger partial charge in [0.2, 0.25) is 0 Å². The summed E-state index contributed by atoms with van der Waals surface area (Å²) < 4.78 is 0. The van der Waals surface area contributed by atoms with E-state index in [4.69, 9.17) is 4.99 Å². The molecule has 1 saturated heterocycles. The largest absolute Gasteiger partial charge is 0.357 e. The zero-order valence-corrected chi connectivity index (χ0v) is 17.2. The number of guanidine groups is 1. The molecule has 0 saturated carbocycles. The molecule has 1 heterocycles. The number of hydrogen-bond donors (Lipinski definition) is 3. The predicted octanol–water partition coefficient (Wildman–Crippen LogP) is 2.36. The Morgan fingerprint density at radius 2 is 1.89 bits per heavy atom. The van der Waals surface area contributed by atoms with Crippen molar-refractivity contribution in [3.63, 3.8) is 0 Å². The maximum absolute atomic E-state index is 12.0. The van der Waals surface area contributed by atoms with Gasteiger partial charge in [0.15, 0.2) is 5.96 Å². The average molecular weight is 374 g/mol. The average Bonchev–Trinajstić information content (AvgIpc) is 2.67. The van der Waals surface area contributed by atoms with Gasteiger partial charge in [0, 0.05) is 43.8 Å². The fourth-order valence-electron chi connectivity index (χ4n) is 3.32. The molecule has 2 rings (SSSR count). The minimum absolute atomic E-state index is 0.0368. The zero-order valence-electron chi connectivity index (χ0n) is 17.2. The third-order valence-corrected chi connectivity index (χ3v) is 4.89. The summed E-state index contributed by atoms with van der Waals surface area (Å²) in [5.74, 6) is 0.814. The molecule has 1 aromatic carbocycles. The number of amides is 1. The van der Waals surface area contributed by atoms with Crippen molar-refractivity contribution in [3.05, 3.63) is 35.4 Å². The molecule has 6 nitrogen and oxygen atoms in total. The highest BCUT2D eigenvalue weighted by molar-refractivity contribution is 5.94. The Hall–Kier alpha value is -2.08. The SMILES string of the molecule is CCNC(=O)c1cccc(CN=C(NCC)NC2CCN(C(C)C)CC2)c1. The summed E-state index contributed by atoms with van der Waals surface area (Å²) in [5, 5.41) is 9.75. The van der Waals surface area contributed by atoms with Gasteiger partial charge in [-0.05, 0) is 58.2 Å². The van der Waals surface area contributed by atoms with Crippen LogP contribution in [0, 0.1) is 0 Å². The molecule has 1 aromatic rings. The number of nitrogens with zero attached hydrogens (tertiary/aromatic N) is 2. The van der Waals surface area contributed by atoms with Crippen LogP contribution in [0.15, 0.2) is 29.3 Å². The zero-order chi connectivity index (χ0) is 19.6. The van der Waals surface area contributed by atoms with Crippen molar-refractivity contribution in [3.8, 4) is 0 Å². The minimum atomic E-state index is -0.0368. The van der Waals surface area contributed by atoms with Gasteiger partial charge in [-0.15, -0.1) is 0 Å². The van der Waals surface area contributed by atoms with E-state index >= 15 is 0 Å². The molecule has 27 heavy (non-hydrogen) atoms. The third-order valence-electron chi connectivity index (χ3n) is 4.89. The van der Waals surface area contributed by atoms with Crippen LogP contribution >= 0.6 is 0 Å². The molecule has 0 atom stereocenters. The normalized spacial score (nSPS) is 16.4. The number of nitrogens with one attached hydrogen (secondary N) is 3. The third kappa shape index (κ3) is 6.86. The van der Waals surface area contributed by atoms with Gasteiger partial charge >= 0.3 is 0 Å². The lowest BCUT2D eigenvalue weighted by molar-refractivity contribution is 0.0955. The van der Waals surface area contributed by atoms with Crippen LogP contribution in [0.3, 0.4) is 0 Å². The maximum Gasteiger partial charge on any atom is 0.251 e. The van der Waals surface area contributed by atoms with E-state index < -0.39 is 0 Å². The van der Waals surface area contributed by atoms with E-state index in [9.17, 15) is 4.79 Å². The minimum Gasteiger partial charge on any atom is -0.357 e. The smallest absolute Gasteiger partial charge is 0.251 e. The second-order valence-electron chi connectivity index (χ2n) is 7.30. The van der Waals surface area contributed by atoms with E-state index in [1.807, 2.05) is 31.2 Å². The van der Waals surface area contributed by atoms with Gasteiger partial charge in [-0.2, -0.15) is 0 Å². The quantitative estimate of drug-likeness (QED) is 0.507. The number of benzene rings is 1. The molecule has 150 valence electrons. The van der Waals surface area contributed by atoms with E-state index in [0.717, 1.165) is 44.0 Å². The second-order valence-corrected chi connectivity index (χ2v) is 7.30. The molecule has 1 fully saturated rings. The first-order valence-electron chi connectivity index (χ1n) is 10.2. The standard InChI is InChI=1S/C21H35N5O/c1-5-22-20(27)18-9-7-8-17(14-18)15-24-21(23-6-2)25-19-10-12-26(13-11-19)16(3)4/h7-9,14,16,19H,5-6,10-13,15H2,1-4H3,(H,22,27)(H2,23,24,25). The Labute approximate surface area is 163 Å². The second kappa shape index (κ2) is 10.9. The van der Waals surface area contributed by atoms with Gasteiger partial charge in [0.1, 0.15) is 0 Å². The summed E-state index contributed by atoms with van der Waals surface area (Å²) in [5.41, 5.74) is 1.72. The Morgan fingerprint density at radius 1 is 1.19 bits per heavy atom. The van der Waals surface area contributed by atoms with Crippen LogP contribution in [0.1, 0.15) is 56.5 Å². The number of aliphatic imine (C=N–C) groups is 1. The molecular weight excluding hydrogens is 338 g/mol. The predicted molar refractivity (Wildman–Crippen MR) is 112 cm³/mol. The molecule has 0 unspecified atom stereocenters. The van der Waals surface area contributed by atoms with Crippen LogP contribution in [-0.2, 0) is 6.54 Å². The van der Waals surface area contributed by atoms with Crippen LogP contribution in [0.25, 0.3) is 0 Å². The van der Waals surface area contributed by atoms with Crippen LogP contribution < -0.4 is 16.0 Å². The molecule has 0 bridgehead atoms. The molecule has 0 aromatic heterocycles. The molecule has 1 amide bonds. The molecule has 1 aliphatic heterocycles. The summed E-state index contributed by atoms with van der Waals surface area (Å²) in [6.07, 6.45) is 2.27. The molecule has 0 spiro atoms. The monoisotopic (exact) mass is 373 g/mol. The number of piperidine rings is 1. The van der Waals surface area contributed by atoms with Gasteiger partial charge in [-0.25, -0.2) is 4.99 Å². The molecule has 3 N–H and O–H groups in total. The Balaban J connectivity index is 1.95. The van der Waals surface area contributed by atoms with Crippen LogP contribution in [-0.4, -0.2) is 55.0 Å². The first kappa shape index (κ1) is 21.2. The summed E-state index contributed by atoms with van der Waals surface area (Å²) >= 11 is 0. The summed E-state index contributed by atoms with van der Waals surface area (Å²) in [6.45, 7) is 12.8. The van der Waals surface area contributed by atoms with Crippen molar-refractivity contribution in [2.45, 2.75) is 59.2 Å². The van der Waals surface area contributed by atoms with Crippen LogP contribution in [0.2, 0.25) is 0 Å². The number of carbonyl (C=O) groups is 1. The van der Waals surface area contributed by atoms with Crippen molar-refractivity contribution in [1.82, 2.24) is 20.9 Å². The van der Waals surface area contributed by atoms with Crippen molar-refractivity contribution in [2.75, 3.05) is 26.2 Å². The van der Waals surface area contributed by atoms with Crippen molar-refractivity contribution < 1.29 is 4.79 Å².